The third kappa shape index (κ3) is 3.05. The van der Waals surface area contributed by atoms with Crippen LogP contribution < -0.4 is 15.8 Å². The first-order valence-corrected chi connectivity index (χ1v) is 7.66. The van der Waals surface area contributed by atoms with E-state index in [9.17, 15) is 4.79 Å². The average molecular weight is 291 g/mol. The van der Waals surface area contributed by atoms with Crippen molar-refractivity contribution in [3.05, 3.63) is 39.3 Å². The van der Waals surface area contributed by atoms with E-state index in [1.54, 1.807) is 23.7 Å². The smallest absolute Gasteiger partial charge is 0.290 e. The SMILES string of the molecule is O=c1[nH]ccnc1N1CCC[C@H](NCc2cscn2)C1. The lowest BCUT2D eigenvalue weighted by molar-refractivity contribution is 0.418. The van der Waals surface area contributed by atoms with Gasteiger partial charge < -0.3 is 15.2 Å². The van der Waals surface area contributed by atoms with Crippen LogP contribution in [-0.2, 0) is 6.54 Å². The van der Waals surface area contributed by atoms with Crippen LogP contribution >= 0.6 is 11.3 Å². The van der Waals surface area contributed by atoms with Crippen LogP contribution in [0.2, 0.25) is 0 Å². The first-order chi connectivity index (χ1) is 9.83. The van der Waals surface area contributed by atoms with Crippen LogP contribution in [0.4, 0.5) is 5.82 Å². The topological polar surface area (TPSA) is 73.9 Å². The molecule has 3 rings (SSSR count). The quantitative estimate of drug-likeness (QED) is 0.878. The van der Waals surface area contributed by atoms with E-state index in [1.165, 1.54) is 0 Å². The summed E-state index contributed by atoms with van der Waals surface area (Å²) in [5.41, 5.74) is 2.80. The van der Waals surface area contributed by atoms with Gasteiger partial charge in [-0.1, -0.05) is 0 Å². The number of nitrogens with one attached hydrogen (secondary N) is 2. The lowest BCUT2D eigenvalue weighted by Crippen LogP contribution is -2.47. The summed E-state index contributed by atoms with van der Waals surface area (Å²) in [5.74, 6) is 0.521. The minimum Gasteiger partial charge on any atom is -0.350 e. The van der Waals surface area contributed by atoms with Gasteiger partial charge in [0.25, 0.3) is 5.56 Å². The molecule has 2 aromatic rings. The van der Waals surface area contributed by atoms with Gasteiger partial charge in [-0.3, -0.25) is 4.79 Å². The predicted octanol–water partition coefficient (Wildman–Crippen LogP) is 0.985. The molecule has 3 heterocycles. The summed E-state index contributed by atoms with van der Waals surface area (Å²) in [4.78, 5) is 25.0. The number of nitrogens with zero attached hydrogens (tertiary/aromatic N) is 3. The third-order valence-electron chi connectivity index (χ3n) is 3.47. The minimum atomic E-state index is -0.118. The molecule has 1 aliphatic heterocycles. The minimum absolute atomic E-state index is 0.118. The molecule has 1 fully saturated rings. The van der Waals surface area contributed by atoms with Crippen molar-refractivity contribution >= 4 is 17.2 Å². The fourth-order valence-corrected chi connectivity index (χ4v) is 3.04. The fourth-order valence-electron chi connectivity index (χ4n) is 2.48. The van der Waals surface area contributed by atoms with Crippen LogP contribution in [0.5, 0.6) is 0 Å². The van der Waals surface area contributed by atoms with Gasteiger partial charge in [0.1, 0.15) is 0 Å². The van der Waals surface area contributed by atoms with E-state index >= 15 is 0 Å². The van der Waals surface area contributed by atoms with E-state index in [2.05, 4.69) is 30.5 Å². The highest BCUT2D eigenvalue weighted by atomic mass is 32.1. The highest BCUT2D eigenvalue weighted by Crippen LogP contribution is 2.14. The Morgan fingerprint density at radius 2 is 2.45 bits per heavy atom. The fraction of sp³-hybridized carbons (Fsp3) is 0.462. The van der Waals surface area contributed by atoms with Crippen molar-refractivity contribution < 1.29 is 0 Å². The summed E-state index contributed by atoms with van der Waals surface area (Å²) >= 11 is 1.61. The number of rotatable bonds is 4. The predicted molar refractivity (Wildman–Crippen MR) is 79.0 cm³/mol. The second kappa shape index (κ2) is 6.15. The number of anilines is 1. The van der Waals surface area contributed by atoms with Gasteiger partial charge >= 0.3 is 0 Å². The molecule has 0 spiro atoms. The van der Waals surface area contributed by atoms with Crippen molar-refractivity contribution in [2.24, 2.45) is 0 Å². The molecule has 2 aromatic heterocycles. The van der Waals surface area contributed by atoms with Crippen LogP contribution in [0.1, 0.15) is 18.5 Å². The van der Waals surface area contributed by atoms with Gasteiger partial charge in [-0.2, -0.15) is 0 Å². The van der Waals surface area contributed by atoms with Gasteiger partial charge in [-0.25, -0.2) is 9.97 Å². The van der Waals surface area contributed by atoms with Crippen LogP contribution in [0.25, 0.3) is 0 Å². The van der Waals surface area contributed by atoms with E-state index in [0.29, 0.717) is 11.9 Å². The maximum atomic E-state index is 11.8. The molecule has 0 aromatic carbocycles. The number of H-pyrrole nitrogens is 1. The molecule has 2 N–H and O–H groups in total. The molecule has 20 heavy (non-hydrogen) atoms. The Labute approximate surface area is 120 Å². The Morgan fingerprint density at radius 3 is 3.25 bits per heavy atom. The van der Waals surface area contributed by atoms with Gasteiger partial charge in [0.15, 0.2) is 5.82 Å². The zero-order valence-electron chi connectivity index (χ0n) is 11.1. The van der Waals surface area contributed by atoms with E-state index in [-0.39, 0.29) is 5.56 Å². The van der Waals surface area contributed by atoms with Crippen molar-refractivity contribution in [3.8, 4) is 0 Å². The number of hydrogen-bond acceptors (Lipinski definition) is 6. The molecule has 7 heteroatoms. The van der Waals surface area contributed by atoms with Gasteiger partial charge in [-0.15, -0.1) is 11.3 Å². The summed E-state index contributed by atoms with van der Waals surface area (Å²) in [6.45, 7) is 2.47. The summed E-state index contributed by atoms with van der Waals surface area (Å²) in [6.07, 6.45) is 5.37. The summed E-state index contributed by atoms with van der Waals surface area (Å²) in [7, 11) is 0. The first kappa shape index (κ1) is 13.3. The van der Waals surface area contributed by atoms with Crippen molar-refractivity contribution in [2.45, 2.75) is 25.4 Å². The molecule has 0 unspecified atom stereocenters. The Morgan fingerprint density at radius 1 is 1.50 bits per heavy atom. The number of aromatic amines is 1. The van der Waals surface area contributed by atoms with Crippen LogP contribution in [0.15, 0.2) is 28.1 Å². The molecular weight excluding hydrogens is 274 g/mol. The van der Waals surface area contributed by atoms with E-state index in [1.807, 2.05) is 5.51 Å². The Kier molecular flexibility index (Phi) is 4.08. The Balaban J connectivity index is 1.62. The number of piperidine rings is 1. The molecule has 0 saturated carbocycles. The Bertz CT molecular complexity index is 597. The zero-order chi connectivity index (χ0) is 13.8. The van der Waals surface area contributed by atoms with Gasteiger partial charge in [0, 0.05) is 43.4 Å². The molecular formula is C13H17N5OS. The second-order valence-electron chi connectivity index (χ2n) is 4.89. The highest BCUT2D eigenvalue weighted by molar-refractivity contribution is 7.07. The largest absolute Gasteiger partial charge is 0.350 e. The Hall–Kier alpha value is -1.73. The van der Waals surface area contributed by atoms with E-state index in [4.69, 9.17) is 0 Å². The van der Waals surface area contributed by atoms with Crippen molar-refractivity contribution in [2.75, 3.05) is 18.0 Å². The van der Waals surface area contributed by atoms with Crippen LogP contribution in [0.3, 0.4) is 0 Å². The monoisotopic (exact) mass is 291 g/mol. The number of thiazole rings is 1. The van der Waals surface area contributed by atoms with Gasteiger partial charge in [0.2, 0.25) is 0 Å². The number of aromatic nitrogens is 3. The lowest BCUT2D eigenvalue weighted by Gasteiger charge is -2.33. The lowest BCUT2D eigenvalue weighted by atomic mass is 10.1. The number of hydrogen-bond donors (Lipinski definition) is 2. The summed E-state index contributed by atoms with van der Waals surface area (Å²) < 4.78 is 0. The molecule has 0 amide bonds. The molecule has 106 valence electrons. The zero-order valence-corrected chi connectivity index (χ0v) is 11.9. The van der Waals surface area contributed by atoms with Gasteiger partial charge in [-0.05, 0) is 12.8 Å². The normalized spacial score (nSPS) is 19.2. The maximum Gasteiger partial charge on any atom is 0.290 e. The maximum absolute atomic E-state index is 11.8. The second-order valence-corrected chi connectivity index (χ2v) is 5.61. The van der Waals surface area contributed by atoms with Crippen molar-refractivity contribution in [1.82, 2.24) is 20.3 Å². The van der Waals surface area contributed by atoms with Crippen LogP contribution in [-0.4, -0.2) is 34.1 Å². The van der Waals surface area contributed by atoms with Crippen molar-refractivity contribution in [3.63, 3.8) is 0 Å². The molecule has 1 saturated heterocycles. The molecule has 1 aliphatic rings. The van der Waals surface area contributed by atoms with E-state index in [0.717, 1.165) is 38.2 Å². The molecule has 0 bridgehead atoms. The van der Waals surface area contributed by atoms with Crippen molar-refractivity contribution in [1.29, 1.82) is 0 Å². The first-order valence-electron chi connectivity index (χ1n) is 6.72. The molecule has 1 atom stereocenters. The standard InChI is InChI=1S/C13H17N5OS/c19-13-12(14-3-4-15-13)18-5-1-2-10(7-18)16-6-11-8-20-9-17-11/h3-4,8-10,16H,1-2,5-7H2,(H,15,19)/t10-/m0/s1. The third-order valence-corrected chi connectivity index (χ3v) is 4.10. The summed E-state index contributed by atoms with van der Waals surface area (Å²) in [6, 6.07) is 0.367. The van der Waals surface area contributed by atoms with E-state index < -0.39 is 0 Å². The summed E-state index contributed by atoms with van der Waals surface area (Å²) in [5, 5.41) is 5.56. The average Bonchev–Trinajstić information content (AvgIpc) is 2.99. The molecule has 6 nitrogen and oxygen atoms in total. The molecule has 0 aliphatic carbocycles. The highest BCUT2D eigenvalue weighted by Gasteiger charge is 2.22. The van der Waals surface area contributed by atoms with Gasteiger partial charge in [0.05, 0.1) is 11.2 Å². The van der Waals surface area contributed by atoms with Crippen LogP contribution in [0, 0.1) is 0 Å². The molecule has 0 radical (unpaired) electrons.